The molecule has 5 nitrogen and oxygen atoms in total. The topological polar surface area (TPSA) is 46.6 Å². The van der Waals surface area contributed by atoms with E-state index in [4.69, 9.17) is 9.98 Å². The summed E-state index contributed by atoms with van der Waals surface area (Å²) in [7, 11) is 0. The molecule has 57 heavy (non-hydrogen) atoms. The van der Waals surface area contributed by atoms with Gasteiger partial charge in [0.05, 0.1) is 22.1 Å². The molecular weight excluding hydrogens is 695 g/mol. The van der Waals surface area contributed by atoms with Crippen molar-refractivity contribution in [3.05, 3.63) is 204 Å². The van der Waals surface area contributed by atoms with Gasteiger partial charge < -0.3 is 14.5 Å². The van der Waals surface area contributed by atoms with Crippen molar-refractivity contribution in [2.24, 2.45) is 9.98 Å². The van der Waals surface area contributed by atoms with Gasteiger partial charge >= 0.3 is 0 Å². The average Bonchev–Trinajstić information content (AvgIpc) is 3.79. The summed E-state index contributed by atoms with van der Waals surface area (Å²) in [5.74, 6) is 1.59. The van der Waals surface area contributed by atoms with Crippen LogP contribution in [0.3, 0.4) is 0 Å². The summed E-state index contributed by atoms with van der Waals surface area (Å²) in [6, 6.07) is 59.2. The molecular formula is C52H39N5. The molecule has 9 aromatic rings. The molecule has 0 spiro atoms. The second kappa shape index (κ2) is 13.5. The fourth-order valence-corrected chi connectivity index (χ4v) is 8.63. The average molecular weight is 734 g/mol. The molecule has 1 atom stereocenters. The lowest BCUT2D eigenvalue weighted by molar-refractivity contribution is 0.673. The molecule has 1 aliphatic heterocycles. The minimum absolute atomic E-state index is 0.223. The van der Waals surface area contributed by atoms with Crippen LogP contribution in [-0.2, 0) is 0 Å². The minimum atomic E-state index is -0.223. The minimum Gasteiger partial charge on any atom is -0.344 e. The summed E-state index contributed by atoms with van der Waals surface area (Å²) >= 11 is 0. The van der Waals surface area contributed by atoms with Gasteiger partial charge in [-0.3, -0.25) is 0 Å². The van der Waals surface area contributed by atoms with Gasteiger partial charge in [0, 0.05) is 44.1 Å². The van der Waals surface area contributed by atoms with E-state index >= 15 is 0 Å². The van der Waals surface area contributed by atoms with Crippen LogP contribution in [0.4, 0.5) is 0 Å². The first-order valence-corrected chi connectivity index (χ1v) is 19.8. The molecule has 272 valence electrons. The monoisotopic (exact) mass is 733 g/mol. The highest BCUT2D eigenvalue weighted by atomic mass is 15.2. The maximum Gasteiger partial charge on any atom is 0.159 e. The number of rotatable bonds is 6. The van der Waals surface area contributed by atoms with Gasteiger partial charge in [-0.25, -0.2) is 9.98 Å². The molecule has 1 unspecified atom stereocenters. The smallest absolute Gasteiger partial charge is 0.159 e. The Hall–Kier alpha value is -7.24. The highest BCUT2D eigenvalue weighted by Gasteiger charge is 2.22. The number of para-hydroxylation sites is 2. The summed E-state index contributed by atoms with van der Waals surface area (Å²) in [5, 5.41) is 8.56. The number of amidine groups is 2. The number of aryl methyl sites for hydroxylation is 1. The molecule has 0 amide bonds. The summed E-state index contributed by atoms with van der Waals surface area (Å²) < 4.78 is 4.77. The predicted molar refractivity (Wildman–Crippen MR) is 238 cm³/mol. The molecule has 2 aromatic heterocycles. The van der Waals surface area contributed by atoms with E-state index in [1.807, 2.05) is 6.07 Å². The lowest BCUT2D eigenvalue weighted by atomic mass is 10.0. The van der Waals surface area contributed by atoms with Gasteiger partial charge in [0.25, 0.3) is 0 Å². The molecule has 2 aliphatic rings. The van der Waals surface area contributed by atoms with Crippen molar-refractivity contribution < 1.29 is 0 Å². The Balaban J connectivity index is 1.01. The van der Waals surface area contributed by atoms with Crippen molar-refractivity contribution in [3.8, 4) is 22.5 Å². The van der Waals surface area contributed by atoms with E-state index in [2.05, 4.69) is 197 Å². The Morgan fingerprint density at radius 3 is 1.86 bits per heavy atom. The Labute approximate surface area is 331 Å². The molecule has 3 heterocycles. The first kappa shape index (κ1) is 33.1. The Morgan fingerprint density at radius 2 is 1.12 bits per heavy atom. The number of hydrogen-bond donors (Lipinski definition) is 1. The highest BCUT2D eigenvalue weighted by molar-refractivity contribution is 6.15. The van der Waals surface area contributed by atoms with Crippen molar-refractivity contribution in [2.45, 2.75) is 25.9 Å². The van der Waals surface area contributed by atoms with Crippen LogP contribution in [0.2, 0.25) is 0 Å². The fourth-order valence-electron chi connectivity index (χ4n) is 8.63. The third kappa shape index (κ3) is 5.70. The number of allylic oxidation sites excluding steroid dienone is 2. The van der Waals surface area contributed by atoms with E-state index in [0.29, 0.717) is 0 Å². The SMILES string of the molecule is Cc1ccc(-n2c3ccccc3c3cc(-c4ccc5c6ccccc6n(-c6ccc(C7=NC(c8ccccc8)NC(C8=CCCC=C8)=N7)cc6)c5c4)ccc32)cc1. The zero-order chi connectivity index (χ0) is 37.9. The first-order valence-electron chi connectivity index (χ1n) is 19.8. The lowest BCUT2D eigenvalue weighted by Crippen LogP contribution is -2.34. The molecule has 0 radical (unpaired) electrons. The van der Waals surface area contributed by atoms with Gasteiger partial charge in [-0.1, -0.05) is 121 Å². The predicted octanol–water partition coefficient (Wildman–Crippen LogP) is 12.6. The van der Waals surface area contributed by atoms with Crippen molar-refractivity contribution in [1.82, 2.24) is 14.5 Å². The number of fused-ring (bicyclic) bond motifs is 6. The third-order valence-electron chi connectivity index (χ3n) is 11.5. The third-order valence-corrected chi connectivity index (χ3v) is 11.5. The van der Waals surface area contributed by atoms with Gasteiger partial charge in [0.1, 0.15) is 12.0 Å². The van der Waals surface area contributed by atoms with Gasteiger partial charge in [0.2, 0.25) is 0 Å². The molecule has 5 heteroatoms. The molecule has 0 saturated carbocycles. The molecule has 7 aromatic carbocycles. The zero-order valence-electron chi connectivity index (χ0n) is 31.6. The largest absolute Gasteiger partial charge is 0.344 e. The van der Waals surface area contributed by atoms with Crippen LogP contribution in [0.5, 0.6) is 0 Å². The second-order valence-corrected chi connectivity index (χ2v) is 15.1. The van der Waals surface area contributed by atoms with Gasteiger partial charge in [0.15, 0.2) is 5.84 Å². The van der Waals surface area contributed by atoms with Crippen LogP contribution in [0.1, 0.15) is 35.7 Å². The molecule has 11 rings (SSSR count). The van der Waals surface area contributed by atoms with Gasteiger partial charge in [-0.15, -0.1) is 0 Å². The number of aromatic nitrogens is 2. The van der Waals surface area contributed by atoms with Crippen molar-refractivity contribution in [2.75, 3.05) is 0 Å². The summed E-state index contributed by atoms with van der Waals surface area (Å²) in [6.07, 6.45) is 8.49. The van der Waals surface area contributed by atoms with Gasteiger partial charge in [-0.05, 0) is 103 Å². The van der Waals surface area contributed by atoms with E-state index in [-0.39, 0.29) is 6.17 Å². The van der Waals surface area contributed by atoms with Crippen molar-refractivity contribution in [3.63, 3.8) is 0 Å². The van der Waals surface area contributed by atoms with Crippen LogP contribution in [-0.4, -0.2) is 20.8 Å². The molecule has 0 bridgehead atoms. The van der Waals surface area contributed by atoms with Crippen LogP contribution in [0, 0.1) is 6.92 Å². The molecule has 1 aliphatic carbocycles. The number of hydrogen-bond acceptors (Lipinski definition) is 3. The van der Waals surface area contributed by atoms with Crippen LogP contribution >= 0.6 is 0 Å². The normalized spacial score (nSPS) is 15.5. The zero-order valence-corrected chi connectivity index (χ0v) is 31.6. The fraction of sp³-hybridized carbons (Fsp3) is 0.0769. The van der Waals surface area contributed by atoms with Crippen molar-refractivity contribution >= 4 is 55.3 Å². The Morgan fingerprint density at radius 1 is 0.526 bits per heavy atom. The maximum atomic E-state index is 5.13. The van der Waals surface area contributed by atoms with E-state index in [1.54, 1.807) is 0 Å². The maximum absolute atomic E-state index is 5.13. The summed E-state index contributed by atoms with van der Waals surface area (Å²) in [5.41, 5.74) is 13.9. The number of nitrogens with zero attached hydrogens (tertiary/aromatic N) is 4. The summed E-state index contributed by atoms with van der Waals surface area (Å²) in [6.45, 7) is 2.14. The highest BCUT2D eigenvalue weighted by Crippen LogP contribution is 2.38. The van der Waals surface area contributed by atoms with E-state index in [9.17, 15) is 0 Å². The standard InChI is InChI=1S/C52H39N5/c1-34-20-26-40(27-21-34)56-47-19-11-9-17-43(47)45-32-38(25-31-48(45)56)39-24-30-44-42-16-8-10-18-46(42)57(49(44)33-39)41-28-22-37(23-29-41)52-54-50(35-12-4-2-5-13-35)53-51(55-52)36-14-6-3-7-15-36/h2,4-6,8-33,50H,3,7H2,1H3,(H,53,54,55). The Kier molecular flexibility index (Phi) is 7.85. The molecule has 0 fully saturated rings. The van der Waals surface area contributed by atoms with Crippen LogP contribution in [0.25, 0.3) is 66.1 Å². The van der Waals surface area contributed by atoms with E-state index in [0.717, 1.165) is 46.9 Å². The quantitative estimate of drug-likeness (QED) is 0.182. The first-order chi connectivity index (χ1) is 28.2. The van der Waals surface area contributed by atoms with Crippen molar-refractivity contribution in [1.29, 1.82) is 0 Å². The summed E-state index contributed by atoms with van der Waals surface area (Å²) in [4.78, 5) is 10.2. The van der Waals surface area contributed by atoms with E-state index in [1.165, 1.54) is 66.0 Å². The van der Waals surface area contributed by atoms with Crippen LogP contribution < -0.4 is 5.32 Å². The van der Waals surface area contributed by atoms with Crippen LogP contribution in [0.15, 0.2) is 198 Å². The molecule has 1 N–H and O–H groups in total. The molecule has 0 saturated heterocycles. The van der Waals surface area contributed by atoms with E-state index < -0.39 is 0 Å². The van der Waals surface area contributed by atoms with Gasteiger partial charge in [-0.2, -0.15) is 0 Å². The second-order valence-electron chi connectivity index (χ2n) is 15.1. The number of aliphatic imine (C=N–C) groups is 2. The lowest BCUT2D eigenvalue weighted by Gasteiger charge is -2.24. The number of nitrogens with one attached hydrogen (secondary N) is 1. The Bertz CT molecular complexity index is 3140. The number of benzene rings is 7.